The smallest absolute Gasteiger partial charge is 0.312 e. The van der Waals surface area contributed by atoms with Crippen LogP contribution in [0.2, 0.25) is 0 Å². The molecule has 0 spiro atoms. The number of carbonyl (C=O) groups excluding carboxylic acids is 3. The molecule has 4 N–H and O–H groups in total. The van der Waals surface area contributed by atoms with Gasteiger partial charge in [0.2, 0.25) is 15.9 Å². The van der Waals surface area contributed by atoms with Crippen LogP contribution in [0.25, 0.3) is 0 Å². The van der Waals surface area contributed by atoms with E-state index < -0.39 is 27.7 Å². The van der Waals surface area contributed by atoms with Gasteiger partial charge in [0.25, 0.3) is 0 Å². The van der Waals surface area contributed by atoms with Gasteiger partial charge in [-0.1, -0.05) is 6.07 Å². The molecule has 2 rings (SSSR count). The van der Waals surface area contributed by atoms with Gasteiger partial charge in [0.15, 0.2) is 0 Å². The molecule has 0 atom stereocenters. The Morgan fingerprint density at radius 1 is 1.19 bits per heavy atom. The van der Waals surface area contributed by atoms with Crippen LogP contribution in [-0.4, -0.2) is 75.2 Å². The van der Waals surface area contributed by atoms with Crippen molar-refractivity contribution in [1.29, 1.82) is 0 Å². The van der Waals surface area contributed by atoms with Crippen LogP contribution >= 0.6 is 0 Å². The van der Waals surface area contributed by atoms with E-state index in [0.717, 1.165) is 0 Å². The van der Waals surface area contributed by atoms with Crippen molar-refractivity contribution in [3.05, 3.63) is 24.3 Å². The van der Waals surface area contributed by atoms with Gasteiger partial charge in [0.05, 0.1) is 4.90 Å². The fourth-order valence-corrected chi connectivity index (χ4v) is 3.65. The minimum atomic E-state index is -3.73. The zero-order valence-corrected chi connectivity index (χ0v) is 15.8. The van der Waals surface area contributed by atoms with E-state index in [0.29, 0.717) is 13.1 Å². The summed E-state index contributed by atoms with van der Waals surface area (Å²) >= 11 is 0. The molecule has 11 heteroatoms. The highest BCUT2D eigenvalue weighted by Crippen LogP contribution is 2.15. The SMILES string of the molecule is CCN1CCN(CC(=O)Nc2cccc(S(=O)(=O)NCCN)c2)C(=O)C1=O. The van der Waals surface area contributed by atoms with Crippen molar-refractivity contribution in [2.45, 2.75) is 11.8 Å². The lowest BCUT2D eigenvalue weighted by Gasteiger charge is -2.32. The number of likely N-dealkylation sites (N-methyl/N-ethyl adjacent to an activating group) is 1. The van der Waals surface area contributed by atoms with Gasteiger partial charge in [-0.25, -0.2) is 13.1 Å². The number of benzene rings is 1. The predicted octanol–water partition coefficient (Wildman–Crippen LogP) is -1.45. The highest BCUT2D eigenvalue weighted by molar-refractivity contribution is 7.89. The Kier molecular flexibility index (Phi) is 6.88. The lowest BCUT2D eigenvalue weighted by Crippen LogP contribution is -2.55. The average Bonchev–Trinajstić information content (AvgIpc) is 2.64. The van der Waals surface area contributed by atoms with E-state index >= 15 is 0 Å². The molecular weight excluding hydrogens is 374 g/mol. The second-order valence-corrected chi connectivity index (χ2v) is 7.64. The van der Waals surface area contributed by atoms with E-state index in [4.69, 9.17) is 5.73 Å². The Labute approximate surface area is 157 Å². The molecule has 148 valence electrons. The topological polar surface area (TPSA) is 142 Å². The predicted molar refractivity (Wildman–Crippen MR) is 98.1 cm³/mol. The molecule has 1 heterocycles. The molecule has 10 nitrogen and oxygen atoms in total. The van der Waals surface area contributed by atoms with E-state index in [-0.39, 0.29) is 36.8 Å². The third-order valence-electron chi connectivity index (χ3n) is 3.98. The molecule has 0 aliphatic carbocycles. The zero-order valence-electron chi connectivity index (χ0n) is 15.0. The van der Waals surface area contributed by atoms with Crippen LogP contribution in [0.4, 0.5) is 5.69 Å². The van der Waals surface area contributed by atoms with Gasteiger partial charge < -0.3 is 20.9 Å². The van der Waals surface area contributed by atoms with E-state index in [1.54, 1.807) is 6.92 Å². The van der Waals surface area contributed by atoms with Gasteiger partial charge >= 0.3 is 11.8 Å². The molecule has 0 unspecified atom stereocenters. The number of hydrogen-bond acceptors (Lipinski definition) is 6. The van der Waals surface area contributed by atoms with Gasteiger partial charge in [-0.3, -0.25) is 14.4 Å². The minimum Gasteiger partial charge on any atom is -0.333 e. The number of amides is 3. The van der Waals surface area contributed by atoms with Crippen LogP contribution in [0.5, 0.6) is 0 Å². The lowest BCUT2D eigenvalue weighted by atomic mass is 10.2. The molecule has 0 bridgehead atoms. The molecule has 3 amide bonds. The first-order chi connectivity index (χ1) is 12.8. The molecular formula is C16H23N5O5S. The van der Waals surface area contributed by atoms with Crippen molar-refractivity contribution < 1.29 is 22.8 Å². The van der Waals surface area contributed by atoms with Crippen LogP contribution < -0.4 is 15.8 Å². The quantitative estimate of drug-likeness (QED) is 0.458. The first-order valence-electron chi connectivity index (χ1n) is 8.46. The number of sulfonamides is 1. The Balaban J connectivity index is 2.01. The monoisotopic (exact) mass is 397 g/mol. The highest BCUT2D eigenvalue weighted by Gasteiger charge is 2.32. The molecule has 1 aliphatic heterocycles. The summed E-state index contributed by atoms with van der Waals surface area (Å²) in [6, 6.07) is 5.71. The lowest BCUT2D eigenvalue weighted by molar-refractivity contribution is -0.156. The van der Waals surface area contributed by atoms with Crippen molar-refractivity contribution in [3.8, 4) is 0 Å². The fourth-order valence-electron chi connectivity index (χ4n) is 2.56. The summed E-state index contributed by atoms with van der Waals surface area (Å²) < 4.78 is 26.6. The fraction of sp³-hybridized carbons (Fsp3) is 0.438. The second kappa shape index (κ2) is 8.93. The Morgan fingerprint density at radius 2 is 1.85 bits per heavy atom. The maximum absolute atomic E-state index is 12.2. The molecule has 1 aromatic rings. The first-order valence-corrected chi connectivity index (χ1v) is 9.94. The van der Waals surface area contributed by atoms with Crippen molar-refractivity contribution in [2.75, 3.05) is 44.6 Å². The van der Waals surface area contributed by atoms with E-state index in [2.05, 4.69) is 10.0 Å². The standard InChI is InChI=1S/C16H23N5O5S/c1-2-20-8-9-21(16(24)15(20)23)11-14(22)19-12-4-3-5-13(10-12)27(25,26)18-7-6-17/h3-5,10,18H,2,6-9,11,17H2,1H3,(H,19,22). The molecule has 0 aromatic heterocycles. The van der Waals surface area contributed by atoms with Gasteiger partial charge in [-0.2, -0.15) is 0 Å². The van der Waals surface area contributed by atoms with Crippen LogP contribution in [0.1, 0.15) is 6.92 Å². The van der Waals surface area contributed by atoms with Crippen molar-refractivity contribution in [2.24, 2.45) is 5.73 Å². The largest absolute Gasteiger partial charge is 0.333 e. The van der Waals surface area contributed by atoms with E-state index in [9.17, 15) is 22.8 Å². The average molecular weight is 397 g/mol. The Bertz CT molecular complexity index is 826. The van der Waals surface area contributed by atoms with Crippen molar-refractivity contribution >= 4 is 33.4 Å². The summed E-state index contributed by atoms with van der Waals surface area (Å²) in [5, 5.41) is 2.54. The zero-order chi connectivity index (χ0) is 20.0. The summed E-state index contributed by atoms with van der Waals surface area (Å²) in [4.78, 5) is 38.7. The van der Waals surface area contributed by atoms with Gasteiger partial charge in [0.1, 0.15) is 6.54 Å². The van der Waals surface area contributed by atoms with E-state index in [1.165, 1.54) is 34.1 Å². The number of carbonyl (C=O) groups is 3. The summed E-state index contributed by atoms with van der Waals surface area (Å²) in [5.41, 5.74) is 5.56. The summed E-state index contributed by atoms with van der Waals surface area (Å²) in [5.74, 6) is -1.87. The number of anilines is 1. The molecule has 1 fully saturated rings. The van der Waals surface area contributed by atoms with Gasteiger partial charge in [0, 0.05) is 38.4 Å². The van der Waals surface area contributed by atoms with Crippen LogP contribution in [0.3, 0.4) is 0 Å². The third-order valence-corrected chi connectivity index (χ3v) is 5.44. The summed E-state index contributed by atoms with van der Waals surface area (Å²) in [6.07, 6.45) is 0. The number of nitrogens with one attached hydrogen (secondary N) is 2. The Hall–Kier alpha value is -2.50. The summed E-state index contributed by atoms with van der Waals surface area (Å²) in [7, 11) is -3.73. The van der Waals surface area contributed by atoms with E-state index in [1.807, 2.05) is 0 Å². The molecule has 0 saturated carbocycles. The normalized spacial score (nSPS) is 15.2. The third kappa shape index (κ3) is 5.25. The number of hydrogen-bond donors (Lipinski definition) is 3. The number of rotatable bonds is 8. The van der Waals surface area contributed by atoms with Gasteiger partial charge in [-0.15, -0.1) is 0 Å². The Morgan fingerprint density at radius 3 is 2.52 bits per heavy atom. The van der Waals surface area contributed by atoms with Crippen molar-refractivity contribution in [3.63, 3.8) is 0 Å². The minimum absolute atomic E-state index is 0.0171. The number of piperazine rings is 1. The van der Waals surface area contributed by atoms with Crippen LogP contribution in [0, 0.1) is 0 Å². The molecule has 1 aliphatic rings. The first kappa shape index (κ1) is 20.8. The highest BCUT2D eigenvalue weighted by atomic mass is 32.2. The number of nitrogens with two attached hydrogens (primary N) is 1. The van der Waals surface area contributed by atoms with Crippen molar-refractivity contribution in [1.82, 2.24) is 14.5 Å². The van der Waals surface area contributed by atoms with Gasteiger partial charge in [-0.05, 0) is 25.1 Å². The second-order valence-electron chi connectivity index (χ2n) is 5.87. The maximum atomic E-state index is 12.2. The number of nitrogens with zero attached hydrogens (tertiary/aromatic N) is 2. The molecule has 0 radical (unpaired) electrons. The summed E-state index contributed by atoms with van der Waals surface area (Å²) in [6.45, 7) is 2.82. The molecule has 1 saturated heterocycles. The maximum Gasteiger partial charge on any atom is 0.312 e. The van der Waals surface area contributed by atoms with Crippen LogP contribution in [-0.2, 0) is 24.4 Å². The van der Waals surface area contributed by atoms with Crippen LogP contribution in [0.15, 0.2) is 29.2 Å². The molecule has 1 aromatic carbocycles. The molecule has 27 heavy (non-hydrogen) atoms.